The maximum Gasteiger partial charge on any atom is 0.234 e. The lowest BCUT2D eigenvalue weighted by molar-refractivity contribution is -0.122. The molecule has 1 amide bonds. The molecule has 0 spiro atoms. The van der Waals surface area contributed by atoms with Crippen LogP contribution in [0.25, 0.3) is 10.9 Å². The molecule has 1 aliphatic heterocycles. The molecule has 4 rings (SSSR count). The first-order valence-electron chi connectivity index (χ1n) is 9.15. The van der Waals surface area contributed by atoms with Gasteiger partial charge in [0.2, 0.25) is 5.91 Å². The lowest BCUT2D eigenvalue weighted by Gasteiger charge is -2.15. The SMILES string of the molecule is Cc1cc(CNC(=O)CN2Cc3ccccc3C2)c2[nH]c(C)c(C)c2c1. The van der Waals surface area contributed by atoms with Crippen molar-refractivity contribution in [3.8, 4) is 0 Å². The van der Waals surface area contributed by atoms with Gasteiger partial charge < -0.3 is 10.3 Å². The molecule has 0 radical (unpaired) electrons. The number of fused-ring (bicyclic) bond motifs is 2. The van der Waals surface area contributed by atoms with Crippen molar-refractivity contribution in [1.82, 2.24) is 15.2 Å². The monoisotopic (exact) mass is 347 g/mol. The number of carbonyl (C=O) groups excluding carboxylic acids is 1. The largest absolute Gasteiger partial charge is 0.358 e. The quantitative estimate of drug-likeness (QED) is 0.755. The van der Waals surface area contributed by atoms with Crippen LogP contribution in [0.15, 0.2) is 36.4 Å². The minimum atomic E-state index is 0.0764. The molecule has 0 aliphatic carbocycles. The number of H-pyrrole nitrogens is 1. The molecule has 2 N–H and O–H groups in total. The Bertz CT molecular complexity index is 961. The second-order valence-corrected chi connectivity index (χ2v) is 7.41. The Labute approximate surface area is 154 Å². The summed E-state index contributed by atoms with van der Waals surface area (Å²) < 4.78 is 0. The van der Waals surface area contributed by atoms with Crippen molar-refractivity contribution in [3.05, 3.63) is 69.9 Å². The van der Waals surface area contributed by atoms with Crippen LogP contribution in [0.1, 0.15) is 33.5 Å². The van der Waals surface area contributed by atoms with Crippen LogP contribution < -0.4 is 5.32 Å². The number of rotatable bonds is 4. The zero-order valence-corrected chi connectivity index (χ0v) is 15.6. The molecule has 4 nitrogen and oxygen atoms in total. The Kier molecular flexibility index (Phi) is 4.29. The molecular weight excluding hydrogens is 322 g/mol. The molecule has 0 saturated carbocycles. The van der Waals surface area contributed by atoms with Gasteiger partial charge in [0.15, 0.2) is 0 Å². The second kappa shape index (κ2) is 6.61. The Morgan fingerprint density at radius 3 is 2.50 bits per heavy atom. The van der Waals surface area contributed by atoms with E-state index in [9.17, 15) is 4.79 Å². The fraction of sp³-hybridized carbons (Fsp3) is 0.318. The Morgan fingerprint density at radius 2 is 1.81 bits per heavy atom. The summed E-state index contributed by atoms with van der Waals surface area (Å²) in [5, 5.41) is 4.35. The third-order valence-corrected chi connectivity index (χ3v) is 5.39. The predicted octanol–water partition coefficient (Wildman–Crippen LogP) is 3.73. The van der Waals surface area contributed by atoms with Crippen LogP contribution in [0, 0.1) is 20.8 Å². The average Bonchev–Trinajstić information content (AvgIpc) is 3.14. The molecule has 0 atom stereocenters. The Hall–Kier alpha value is -2.59. The number of nitrogens with zero attached hydrogens (tertiary/aromatic N) is 1. The van der Waals surface area contributed by atoms with Gasteiger partial charge in [-0.05, 0) is 49.1 Å². The molecule has 0 unspecified atom stereocenters. The van der Waals surface area contributed by atoms with Gasteiger partial charge in [0.1, 0.15) is 0 Å². The van der Waals surface area contributed by atoms with Crippen LogP contribution in [0.4, 0.5) is 0 Å². The van der Waals surface area contributed by atoms with E-state index in [-0.39, 0.29) is 5.91 Å². The smallest absolute Gasteiger partial charge is 0.234 e. The first-order valence-corrected chi connectivity index (χ1v) is 9.15. The molecule has 3 aromatic rings. The molecule has 2 heterocycles. The van der Waals surface area contributed by atoms with Crippen molar-refractivity contribution in [2.45, 2.75) is 40.4 Å². The summed E-state index contributed by atoms with van der Waals surface area (Å²) in [6.07, 6.45) is 0. The third kappa shape index (κ3) is 3.13. The molecule has 1 aromatic heterocycles. The summed E-state index contributed by atoms with van der Waals surface area (Å²) >= 11 is 0. The molecule has 134 valence electrons. The van der Waals surface area contributed by atoms with Crippen molar-refractivity contribution >= 4 is 16.8 Å². The predicted molar refractivity (Wildman–Crippen MR) is 105 cm³/mol. The van der Waals surface area contributed by atoms with E-state index in [1.54, 1.807) is 0 Å². The topological polar surface area (TPSA) is 48.1 Å². The van der Waals surface area contributed by atoms with Gasteiger partial charge in [-0.3, -0.25) is 9.69 Å². The van der Waals surface area contributed by atoms with E-state index in [2.05, 4.69) is 72.4 Å². The van der Waals surface area contributed by atoms with Crippen molar-refractivity contribution in [3.63, 3.8) is 0 Å². The van der Waals surface area contributed by atoms with Crippen molar-refractivity contribution < 1.29 is 4.79 Å². The number of nitrogens with one attached hydrogen (secondary N) is 2. The van der Waals surface area contributed by atoms with Crippen LogP contribution in [0.3, 0.4) is 0 Å². The maximum absolute atomic E-state index is 12.5. The van der Waals surface area contributed by atoms with Crippen molar-refractivity contribution in [1.29, 1.82) is 0 Å². The third-order valence-electron chi connectivity index (χ3n) is 5.39. The summed E-state index contributed by atoms with van der Waals surface area (Å²) in [6.45, 7) is 9.04. The van der Waals surface area contributed by atoms with E-state index >= 15 is 0 Å². The normalized spacial score (nSPS) is 14.0. The van der Waals surface area contributed by atoms with Gasteiger partial charge in [0, 0.05) is 30.7 Å². The van der Waals surface area contributed by atoms with Gasteiger partial charge in [0.05, 0.1) is 12.1 Å². The summed E-state index contributed by atoms with van der Waals surface area (Å²) in [5.41, 5.74) is 8.64. The highest BCUT2D eigenvalue weighted by Crippen LogP contribution is 2.26. The van der Waals surface area contributed by atoms with E-state index in [0.717, 1.165) is 24.2 Å². The van der Waals surface area contributed by atoms with E-state index < -0.39 is 0 Å². The molecule has 0 fully saturated rings. The van der Waals surface area contributed by atoms with E-state index in [0.29, 0.717) is 13.1 Å². The lowest BCUT2D eigenvalue weighted by atomic mass is 10.0. The molecule has 0 bridgehead atoms. The number of hydrogen-bond acceptors (Lipinski definition) is 2. The highest BCUT2D eigenvalue weighted by Gasteiger charge is 2.20. The lowest BCUT2D eigenvalue weighted by Crippen LogP contribution is -2.34. The minimum absolute atomic E-state index is 0.0764. The molecule has 0 saturated heterocycles. The van der Waals surface area contributed by atoms with Gasteiger partial charge in [-0.15, -0.1) is 0 Å². The highest BCUT2D eigenvalue weighted by molar-refractivity contribution is 5.88. The van der Waals surface area contributed by atoms with Crippen LogP contribution in [0.2, 0.25) is 0 Å². The van der Waals surface area contributed by atoms with Gasteiger partial charge >= 0.3 is 0 Å². The second-order valence-electron chi connectivity index (χ2n) is 7.41. The van der Waals surface area contributed by atoms with Gasteiger partial charge in [0.25, 0.3) is 0 Å². The molecule has 4 heteroatoms. The number of aromatic nitrogens is 1. The number of aryl methyl sites for hydroxylation is 3. The Morgan fingerprint density at radius 1 is 1.12 bits per heavy atom. The fourth-order valence-electron chi connectivity index (χ4n) is 3.90. The highest BCUT2D eigenvalue weighted by atomic mass is 16.2. The molecular formula is C22H25N3O. The standard InChI is InChI=1S/C22H25N3O/c1-14-8-19(22-20(9-14)15(2)16(3)24-22)10-23-21(26)13-25-11-17-6-4-5-7-18(17)12-25/h4-9,24H,10-13H2,1-3H3,(H,23,26). The zero-order valence-electron chi connectivity index (χ0n) is 15.6. The summed E-state index contributed by atoms with van der Waals surface area (Å²) in [6, 6.07) is 12.8. The van der Waals surface area contributed by atoms with Crippen LogP contribution in [-0.4, -0.2) is 22.3 Å². The van der Waals surface area contributed by atoms with Crippen LogP contribution in [-0.2, 0) is 24.4 Å². The maximum atomic E-state index is 12.5. The summed E-state index contributed by atoms with van der Waals surface area (Å²) in [5.74, 6) is 0.0764. The summed E-state index contributed by atoms with van der Waals surface area (Å²) in [7, 11) is 0. The van der Waals surface area contributed by atoms with Gasteiger partial charge in [-0.1, -0.05) is 35.9 Å². The first kappa shape index (κ1) is 16.9. The molecule has 2 aromatic carbocycles. The number of hydrogen-bond donors (Lipinski definition) is 2. The molecule has 26 heavy (non-hydrogen) atoms. The zero-order chi connectivity index (χ0) is 18.3. The van der Waals surface area contributed by atoms with Crippen LogP contribution in [0.5, 0.6) is 0 Å². The van der Waals surface area contributed by atoms with Crippen molar-refractivity contribution in [2.24, 2.45) is 0 Å². The number of benzene rings is 2. The van der Waals surface area contributed by atoms with Gasteiger partial charge in [-0.25, -0.2) is 0 Å². The Balaban J connectivity index is 1.42. The number of aromatic amines is 1. The number of amides is 1. The van der Waals surface area contributed by atoms with E-state index in [1.165, 1.54) is 33.3 Å². The summed E-state index contributed by atoms with van der Waals surface area (Å²) in [4.78, 5) is 18.1. The van der Waals surface area contributed by atoms with Gasteiger partial charge in [-0.2, -0.15) is 0 Å². The minimum Gasteiger partial charge on any atom is -0.358 e. The van der Waals surface area contributed by atoms with E-state index in [1.807, 2.05) is 0 Å². The molecule has 1 aliphatic rings. The first-order chi connectivity index (χ1) is 12.5. The van der Waals surface area contributed by atoms with Crippen LogP contribution >= 0.6 is 0 Å². The number of carbonyl (C=O) groups is 1. The fourth-order valence-corrected chi connectivity index (χ4v) is 3.90. The van der Waals surface area contributed by atoms with E-state index in [4.69, 9.17) is 0 Å². The average molecular weight is 347 g/mol. The van der Waals surface area contributed by atoms with Crippen molar-refractivity contribution in [2.75, 3.05) is 6.54 Å².